The molecule has 3 heterocycles. The molecule has 146 valence electrons. The Hall–Kier alpha value is -3.55. The lowest BCUT2D eigenvalue weighted by Gasteiger charge is -2.10. The van der Waals surface area contributed by atoms with Crippen LogP contribution in [0.1, 0.15) is 23.4 Å². The van der Waals surface area contributed by atoms with Gasteiger partial charge in [-0.25, -0.2) is 28.7 Å². The maximum Gasteiger partial charge on any atom is 0.264 e. The Morgan fingerprint density at radius 2 is 1.83 bits per heavy atom. The molecule has 0 aliphatic carbocycles. The van der Waals surface area contributed by atoms with Crippen molar-refractivity contribution in [2.45, 2.75) is 19.8 Å². The molecule has 4 rings (SSSR count). The molecule has 0 radical (unpaired) electrons. The number of hydrogen-bond acceptors (Lipinski definition) is 6. The highest BCUT2D eigenvalue weighted by molar-refractivity contribution is 5.85. The second kappa shape index (κ2) is 8.22. The van der Waals surface area contributed by atoms with Crippen LogP contribution < -0.4 is 5.32 Å². The third-order valence-corrected chi connectivity index (χ3v) is 4.57. The summed E-state index contributed by atoms with van der Waals surface area (Å²) in [5.74, 6) is 1.36. The molecule has 1 aromatic carbocycles. The smallest absolute Gasteiger partial charge is 0.264 e. The number of benzene rings is 1. The largest absolute Gasteiger partial charge is 0.370 e. The van der Waals surface area contributed by atoms with Gasteiger partial charge in [0.15, 0.2) is 0 Å². The van der Waals surface area contributed by atoms with Gasteiger partial charge in [0.1, 0.15) is 18.0 Å². The summed E-state index contributed by atoms with van der Waals surface area (Å²) in [6.07, 6.45) is 4.43. The minimum Gasteiger partial charge on any atom is -0.370 e. The van der Waals surface area contributed by atoms with Crippen molar-refractivity contribution >= 4 is 16.7 Å². The third-order valence-electron chi connectivity index (χ3n) is 4.57. The van der Waals surface area contributed by atoms with Crippen LogP contribution in [0.2, 0.25) is 0 Å². The lowest BCUT2D eigenvalue weighted by atomic mass is 10.0. The lowest BCUT2D eigenvalue weighted by Crippen LogP contribution is -2.07. The zero-order valence-corrected chi connectivity index (χ0v) is 15.7. The minimum absolute atomic E-state index is 0.00516. The molecular weight excluding hydrogens is 374 g/mol. The van der Waals surface area contributed by atoms with Gasteiger partial charge in [-0.2, -0.15) is 0 Å². The molecule has 0 fully saturated rings. The maximum absolute atomic E-state index is 13.2. The zero-order valence-electron chi connectivity index (χ0n) is 15.7. The van der Waals surface area contributed by atoms with E-state index < -0.39 is 6.43 Å². The number of pyridine rings is 1. The Bertz CT molecular complexity index is 1130. The van der Waals surface area contributed by atoms with Crippen molar-refractivity contribution in [1.82, 2.24) is 24.9 Å². The van der Waals surface area contributed by atoms with Gasteiger partial charge in [0.05, 0.1) is 11.2 Å². The molecule has 0 saturated heterocycles. The van der Waals surface area contributed by atoms with Crippen LogP contribution in [0, 0.1) is 6.92 Å². The number of aryl methyl sites for hydroxylation is 1. The number of fused-ring (bicyclic) bond motifs is 1. The maximum atomic E-state index is 13.2. The van der Waals surface area contributed by atoms with Crippen molar-refractivity contribution in [3.05, 3.63) is 72.2 Å². The molecule has 0 spiro atoms. The first-order valence-corrected chi connectivity index (χ1v) is 9.11. The molecule has 1 N–H and O–H groups in total. The van der Waals surface area contributed by atoms with Gasteiger partial charge >= 0.3 is 0 Å². The highest BCUT2D eigenvalue weighted by atomic mass is 19.3. The topological polar surface area (TPSA) is 76.5 Å². The standard InChI is InChI=1S/C21H18F2N6/c1-13-26-10-15(11-27-13)18-9-19(29-12-28-18)24-7-5-14-3-2-4-16-17(21(22)23)6-8-25-20(14)16/h2-4,6,8-12,21H,5,7H2,1H3,(H,24,28,29). The van der Waals surface area contributed by atoms with Gasteiger partial charge in [0.25, 0.3) is 6.43 Å². The van der Waals surface area contributed by atoms with Crippen molar-refractivity contribution in [3.63, 3.8) is 0 Å². The summed E-state index contributed by atoms with van der Waals surface area (Å²) < 4.78 is 26.5. The van der Waals surface area contributed by atoms with Crippen LogP contribution in [-0.2, 0) is 6.42 Å². The number of nitrogens with one attached hydrogen (secondary N) is 1. The number of aromatic nitrogens is 5. The van der Waals surface area contributed by atoms with E-state index in [1.54, 1.807) is 24.5 Å². The van der Waals surface area contributed by atoms with Gasteiger partial charge in [0.2, 0.25) is 0 Å². The van der Waals surface area contributed by atoms with Gasteiger partial charge in [0, 0.05) is 47.7 Å². The minimum atomic E-state index is -2.53. The van der Waals surface area contributed by atoms with Gasteiger partial charge in [-0.05, 0) is 25.0 Å². The molecule has 0 aliphatic rings. The summed E-state index contributed by atoms with van der Waals surface area (Å²) in [4.78, 5) is 21.2. The van der Waals surface area contributed by atoms with Crippen molar-refractivity contribution in [3.8, 4) is 11.3 Å². The van der Waals surface area contributed by atoms with Crippen molar-refractivity contribution in [2.75, 3.05) is 11.9 Å². The third kappa shape index (κ3) is 4.16. The molecule has 8 heteroatoms. The van der Waals surface area contributed by atoms with E-state index in [1.807, 2.05) is 19.1 Å². The van der Waals surface area contributed by atoms with E-state index in [4.69, 9.17) is 0 Å². The number of anilines is 1. The first kappa shape index (κ1) is 18.8. The predicted molar refractivity (Wildman–Crippen MR) is 107 cm³/mol. The Morgan fingerprint density at radius 1 is 1.00 bits per heavy atom. The van der Waals surface area contributed by atoms with E-state index in [9.17, 15) is 8.78 Å². The summed E-state index contributed by atoms with van der Waals surface area (Å²) in [6, 6.07) is 8.56. The Labute approximate surface area is 166 Å². The van der Waals surface area contributed by atoms with Crippen LogP contribution >= 0.6 is 0 Å². The molecule has 4 aromatic rings. The quantitative estimate of drug-likeness (QED) is 0.525. The summed E-state index contributed by atoms with van der Waals surface area (Å²) >= 11 is 0. The monoisotopic (exact) mass is 392 g/mol. The summed E-state index contributed by atoms with van der Waals surface area (Å²) in [5, 5.41) is 3.74. The average molecular weight is 392 g/mol. The molecule has 0 aliphatic heterocycles. The number of rotatable bonds is 6. The normalized spacial score (nSPS) is 11.2. The molecule has 0 saturated carbocycles. The van der Waals surface area contributed by atoms with E-state index in [-0.39, 0.29) is 5.56 Å². The second-order valence-electron chi connectivity index (χ2n) is 6.50. The van der Waals surface area contributed by atoms with Gasteiger partial charge in [-0.3, -0.25) is 4.98 Å². The number of alkyl halides is 2. The number of nitrogens with zero attached hydrogens (tertiary/aromatic N) is 5. The molecule has 29 heavy (non-hydrogen) atoms. The Balaban J connectivity index is 1.49. The van der Waals surface area contributed by atoms with Crippen LogP contribution in [0.3, 0.4) is 0 Å². The van der Waals surface area contributed by atoms with Gasteiger partial charge in [-0.1, -0.05) is 18.2 Å². The first-order valence-electron chi connectivity index (χ1n) is 9.11. The fraction of sp³-hybridized carbons (Fsp3) is 0.190. The molecule has 0 unspecified atom stereocenters. The molecule has 0 bridgehead atoms. The van der Waals surface area contributed by atoms with Crippen LogP contribution in [-0.4, -0.2) is 31.5 Å². The molecular formula is C21H18F2N6. The Morgan fingerprint density at radius 3 is 2.62 bits per heavy atom. The van der Waals surface area contributed by atoms with Gasteiger partial charge < -0.3 is 5.32 Å². The predicted octanol–water partition coefficient (Wildman–Crippen LogP) is 4.38. The van der Waals surface area contributed by atoms with E-state index >= 15 is 0 Å². The van der Waals surface area contributed by atoms with Crippen molar-refractivity contribution < 1.29 is 8.78 Å². The number of para-hydroxylation sites is 1. The van der Waals surface area contributed by atoms with Crippen molar-refractivity contribution in [1.29, 1.82) is 0 Å². The molecule has 0 atom stereocenters. The van der Waals surface area contributed by atoms with Crippen molar-refractivity contribution in [2.24, 2.45) is 0 Å². The average Bonchev–Trinajstić information content (AvgIpc) is 2.74. The zero-order chi connectivity index (χ0) is 20.2. The number of halogens is 2. The van der Waals surface area contributed by atoms with Crippen LogP contribution in [0.5, 0.6) is 0 Å². The van der Waals surface area contributed by atoms with E-state index in [0.717, 1.165) is 16.8 Å². The van der Waals surface area contributed by atoms with E-state index in [1.165, 1.54) is 18.6 Å². The molecule has 3 aromatic heterocycles. The highest BCUT2D eigenvalue weighted by Crippen LogP contribution is 2.28. The fourth-order valence-electron chi connectivity index (χ4n) is 3.11. The first-order chi connectivity index (χ1) is 14.1. The van der Waals surface area contributed by atoms with E-state index in [0.29, 0.717) is 35.5 Å². The molecule has 6 nitrogen and oxygen atoms in total. The fourth-order valence-corrected chi connectivity index (χ4v) is 3.11. The second-order valence-corrected chi connectivity index (χ2v) is 6.50. The van der Waals surface area contributed by atoms with E-state index in [2.05, 4.69) is 30.2 Å². The van der Waals surface area contributed by atoms with Crippen LogP contribution in [0.15, 0.2) is 55.2 Å². The lowest BCUT2D eigenvalue weighted by molar-refractivity contribution is 0.153. The van der Waals surface area contributed by atoms with Crippen LogP contribution in [0.25, 0.3) is 22.2 Å². The molecule has 0 amide bonds. The highest BCUT2D eigenvalue weighted by Gasteiger charge is 2.13. The summed E-state index contributed by atoms with van der Waals surface area (Å²) in [5.41, 5.74) is 3.03. The summed E-state index contributed by atoms with van der Waals surface area (Å²) in [6.45, 7) is 2.39. The number of hydrogen-bond donors (Lipinski definition) is 1. The van der Waals surface area contributed by atoms with Crippen LogP contribution in [0.4, 0.5) is 14.6 Å². The SMILES string of the molecule is Cc1ncc(-c2cc(NCCc3cccc4c(C(F)F)ccnc34)ncn2)cn1. The van der Waals surface area contributed by atoms with Gasteiger partial charge in [-0.15, -0.1) is 0 Å². The Kier molecular flexibility index (Phi) is 5.33. The summed E-state index contributed by atoms with van der Waals surface area (Å²) in [7, 11) is 0.